The molecule has 0 aromatic carbocycles. The lowest BCUT2D eigenvalue weighted by molar-refractivity contribution is 0.0944. The fourth-order valence-electron chi connectivity index (χ4n) is 3.13. The highest BCUT2D eigenvalue weighted by molar-refractivity contribution is 7.19. The highest BCUT2D eigenvalue weighted by Gasteiger charge is 2.24. The summed E-state index contributed by atoms with van der Waals surface area (Å²) in [5, 5.41) is 2.85. The fraction of sp³-hybridized carbons (Fsp3) is 0.381. The number of aromatic nitrogens is 2. The van der Waals surface area contributed by atoms with E-state index in [4.69, 9.17) is 0 Å². The number of amides is 1. The van der Waals surface area contributed by atoms with Gasteiger partial charge in [-0.1, -0.05) is 32.1 Å². The molecule has 0 fully saturated rings. The van der Waals surface area contributed by atoms with E-state index < -0.39 is 5.69 Å². The topological polar surface area (TPSA) is 72.6 Å². The number of carbonyl (C=O) groups is 1. The SMILES string of the molecule is CC/C=C/Cn1c(=O)c(C)c2sc(C(=O)NCC3(C)C=CC(F)=CC3)cn2c1=O. The van der Waals surface area contributed by atoms with E-state index >= 15 is 0 Å². The number of nitrogens with zero attached hydrogens (tertiary/aromatic N) is 2. The number of fused-ring (bicyclic) bond motifs is 1. The molecule has 1 aliphatic carbocycles. The lowest BCUT2D eigenvalue weighted by atomic mass is 9.83. The van der Waals surface area contributed by atoms with Crippen LogP contribution in [0.25, 0.3) is 4.83 Å². The Hall–Kier alpha value is -2.74. The molecule has 1 atom stereocenters. The van der Waals surface area contributed by atoms with Crippen LogP contribution < -0.4 is 16.6 Å². The van der Waals surface area contributed by atoms with Gasteiger partial charge in [-0.2, -0.15) is 0 Å². The molecular weight excluding hydrogens is 393 g/mol. The second-order valence-electron chi connectivity index (χ2n) is 7.44. The van der Waals surface area contributed by atoms with E-state index in [0.29, 0.717) is 28.2 Å². The van der Waals surface area contributed by atoms with Crippen molar-refractivity contribution in [2.24, 2.45) is 5.41 Å². The summed E-state index contributed by atoms with van der Waals surface area (Å²) in [6.45, 7) is 6.09. The van der Waals surface area contributed by atoms with Crippen molar-refractivity contribution in [2.45, 2.75) is 40.2 Å². The van der Waals surface area contributed by atoms with E-state index in [1.807, 2.05) is 19.9 Å². The number of hydrogen-bond donors (Lipinski definition) is 1. The molecule has 2 aromatic rings. The second kappa shape index (κ2) is 8.32. The number of carbonyl (C=O) groups excluding carboxylic acids is 1. The zero-order valence-electron chi connectivity index (χ0n) is 16.7. The largest absolute Gasteiger partial charge is 0.350 e. The van der Waals surface area contributed by atoms with Crippen LogP contribution in [0.1, 0.15) is 41.9 Å². The molecule has 1 aliphatic rings. The monoisotopic (exact) mass is 417 g/mol. The van der Waals surface area contributed by atoms with Crippen LogP contribution in [0.5, 0.6) is 0 Å². The van der Waals surface area contributed by atoms with Gasteiger partial charge in [-0.3, -0.25) is 18.6 Å². The lowest BCUT2D eigenvalue weighted by Gasteiger charge is -2.26. The van der Waals surface area contributed by atoms with Crippen LogP contribution in [-0.4, -0.2) is 21.4 Å². The highest BCUT2D eigenvalue weighted by Crippen LogP contribution is 2.29. The summed E-state index contributed by atoms with van der Waals surface area (Å²) < 4.78 is 15.7. The smallest absolute Gasteiger partial charge is 0.336 e. The molecule has 2 heterocycles. The molecule has 0 bridgehead atoms. The van der Waals surface area contributed by atoms with Gasteiger partial charge in [0.05, 0.1) is 0 Å². The Labute approximate surface area is 171 Å². The Morgan fingerprint density at radius 3 is 2.79 bits per heavy atom. The van der Waals surface area contributed by atoms with Crippen LogP contribution in [-0.2, 0) is 6.54 Å². The van der Waals surface area contributed by atoms with Crippen LogP contribution in [0.3, 0.4) is 0 Å². The summed E-state index contributed by atoms with van der Waals surface area (Å²) in [5.41, 5.74) is -0.750. The van der Waals surface area contributed by atoms with E-state index in [2.05, 4.69) is 5.32 Å². The van der Waals surface area contributed by atoms with Crippen molar-refractivity contribution in [3.05, 3.63) is 73.7 Å². The molecule has 0 spiro atoms. The molecule has 6 nitrogen and oxygen atoms in total. The van der Waals surface area contributed by atoms with Crippen molar-refractivity contribution in [3.8, 4) is 0 Å². The third kappa shape index (κ3) is 4.32. The standard InChI is InChI=1S/C21H24FN3O3S/c1-4-5-6-11-24-18(27)14(2)19-25(20(24)28)12-16(29-19)17(26)23-13-21(3)9-7-15(22)8-10-21/h5-9,12H,4,10-11,13H2,1-3H3,(H,23,26)/b6-5+. The first-order valence-corrected chi connectivity index (χ1v) is 10.3. The number of aryl methyl sites for hydroxylation is 1. The molecule has 1 amide bonds. The third-order valence-electron chi connectivity index (χ3n) is 4.97. The van der Waals surface area contributed by atoms with Gasteiger partial charge in [0.2, 0.25) is 0 Å². The van der Waals surface area contributed by atoms with Gasteiger partial charge in [0.25, 0.3) is 11.5 Å². The van der Waals surface area contributed by atoms with Gasteiger partial charge in [0.15, 0.2) is 0 Å². The lowest BCUT2D eigenvalue weighted by Crippen LogP contribution is -2.38. The first kappa shape index (κ1) is 21.0. The molecule has 0 saturated heterocycles. The molecule has 8 heteroatoms. The number of allylic oxidation sites excluding steroid dienone is 5. The van der Waals surface area contributed by atoms with Crippen LogP contribution in [0.15, 0.2) is 52.0 Å². The molecule has 0 aliphatic heterocycles. The van der Waals surface area contributed by atoms with E-state index in [0.717, 1.165) is 22.3 Å². The summed E-state index contributed by atoms with van der Waals surface area (Å²) in [6, 6.07) is 0. The van der Waals surface area contributed by atoms with E-state index in [1.54, 1.807) is 19.1 Å². The predicted octanol–water partition coefficient (Wildman–Crippen LogP) is 3.35. The molecule has 0 saturated carbocycles. The van der Waals surface area contributed by atoms with Crippen LogP contribution in [0, 0.1) is 12.3 Å². The minimum atomic E-state index is -0.463. The maximum absolute atomic E-state index is 13.2. The van der Waals surface area contributed by atoms with Gasteiger partial charge in [-0.25, -0.2) is 9.18 Å². The Morgan fingerprint density at radius 1 is 1.38 bits per heavy atom. The molecule has 29 heavy (non-hydrogen) atoms. The van der Waals surface area contributed by atoms with Gasteiger partial charge in [0.1, 0.15) is 15.5 Å². The maximum atomic E-state index is 13.2. The summed E-state index contributed by atoms with van der Waals surface area (Å²) in [4.78, 5) is 38.7. The number of halogens is 1. The average molecular weight is 418 g/mol. The minimum absolute atomic E-state index is 0.196. The average Bonchev–Trinajstić information content (AvgIpc) is 3.16. The van der Waals surface area contributed by atoms with Crippen molar-refractivity contribution >= 4 is 22.1 Å². The van der Waals surface area contributed by atoms with Crippen LogP contribution >= 0.6 is 11.3 Å². The van der Waals surface area contributed by atoms with Crippen molar-refractivity contribution in [3.63, 3.8) is 0 Å². The zero-order chi connectivity index (χ0) is 21.2. The minimum Gasteiger partial charge on any atom is -0.350 e. The van der Waals surface area contributed by atoms with Crippen molar-refractivity contribution in [2.75, 3.05) is 6.54 Å². The Morgan fingerprint density at radius 2 is 2.14 bits per heavy atom. The summed E-state index contributed by atoms with van der Waals surface area (Å²) in [7, 11) is 0. The summed E-state index contributed by atoms with van der Waals surface area (Å²) >= 11 is 1.11. The number of nitrogens with one attached hydrogen (secondary N) is 1. The normalized spacial score (nSPS) is 19.1. The molecule has 0 radical (unpaired) electrons. The predicted molar refractivity (Wildman–Crippen MR) is 113 cm³/mol. The summed E-state index contributed by atoms with van der Waals surface area (Å²) in [6.07, 6.45) is 11.1. The Bertz CT molecular complexity index is 1150. The Balaban J connectivity index is 1.86. The molecule has 3 rings (SSSR count). The maximum Gasteiger partial charge on any atom is 0.336 e. The van der Waals surface area contributed by atoms with Crippen LogP contribution in [0.4, 0.5) is 4.39 Å². The van der Waals surface area contributed by atoms with Gasteiger partial charge < -0.3 is 5.32 Å². The van der Waals surface area contributed by atoms with Gasteiger partial charge >= 0.3 is 5.69 Å². The molecule has 1 N–H and O–H groups in total. The first-order valence-electron chi connectivity index (χ1n) is 9.49. The van der Waals surface area contributed by atoms with Crippen molar-refractivity contribution in [1.82, 2.24) is 14.3 Å². The number of hydrogen-bond acceptors (Lipinski definition) is 4. The molecule has 154 valence electrons. The highest BCUT2D eigenvalue weighted by atomic mass is 32.1. The molecule has 2 aromatic heterocycles. The van der Waals surface area contributed by atoms with Crippen LogP contribution in [0.2, 0.25) is 0 Å². The fourth-order valence-corrected chi connectivity index (χ4v) is 4.13. The van der Waals surface area contributed by atoms with Gasteiger partial charge in [-0.15, -0.1) is 11.3 Å². The van der Waals surface area contributed by atoms with Gasteiger partial charge in [0, 0.05) is 30.3 Å². The van der Waals surface area contributed by atoms with E-state index in [9.17, 15) is 18.8 Å². The molecule has 1 unspecified atom stereocenters. The summed E-state index contributed by atoms with van der Waals surface area (Å²) in [5.74, 6) is -0.601. The molecular formula is C21H24FN3O3S. The first-order chi connectivity index (χ1) is 13.8. The third-order valence-corrected chi connectivity index (χ3v) is 6.18. The second-order valence-corrected chi connectivity index (χ2v) is 8.47. The zero-order valence-corrected chi connectivity index (χ0v) is 17.5. The number of rotatable bonds is 6. The van der Waals surface area contributed by atoms with E-state index in [1.165, 1.54) is 22.7 Å². The van der Waals surface area contributed by atoms with Crippen molar-refractivity contribution in [1.29, 1.82) is 0 Å². The van der Waals surface area contributed by atoms with Gasteiger partial charge in [-0.05, 0) is 31.9 Å². The Kier molecular flexibility index (Phi) is 6.02. The van der Waals surface area contributed by atoms with E-state index in [-0.39, 0.29) is 29.3 Å². The van der Waals surface area contributed by atoms with Crippen molar-refractivity contribution < 1.29 is 9.18 Å². The number of thiazole rings is 1. The quantitative estimate of drug-likeness (QED) is 0.733.